The highest BCUT2D eigenvalue weighted by Gasteiger charge is 2.13. The number of nitrogens with zero attached hydrogens (tertiary/aromatic N) is 2. The average molecular weight is 330 g/mol. The number of hydrazone groups is 1. The Kier molecular flexibility index (Phi) is 5.40. The zero-order valence-corrected chi connectivity index (χ0v) is 12.7. The number of nitrogens with one attached hydrogen (secondary N) is 2. The summed E-state index contributed by atoms with van der Waals surface area (Å²) in [6.45, 7) is 1.69. The molecule has 0 saturated carbocycles. The average Bonchev–Trinajstić information content (AvgIpc) is 3.10. The van der Waals surface area contributed by atoms with Crippen LogP contribution in [0.2, 0.25) is 0 Å². The molecule has 124 valence electrons. The van der Waals surface area contributed by atoms with Gasteiger partial charge in [0, 0.05) is 12.1 Å². The highest BCUT2D eigenvalue weighted by Crippen LogP contribution is 2.12. The lowest BCUT2D eigenvalue weighted by Gasteiger charge is -2.03. The van der Waals surface area contributed by atoms with Gasteiger partial charge in [0.25, 0.3) is 5.69 Å². The third kappa shape index (κ3) is 4.50. The molecule has 0 fully saturated rings. The fraction of sp³-hybridized carbons (Fsp3) is 0.133. The molecule has 0 saturated heterocycles. The van der Waals surface area contributed by atoms with Gasteiger partial charge in [0.05, 0.1) is 23.4 Å². The minimum atomic E-state index is -0.928. The van der Waals surface area contributed by atoms with E-state index in [0.29, 0.717) is 17.0 Å². The Hall–Kier alpha value is -3.49. The highest BCUT2D eigenvalue weighted by molar-refractivity contribution is 6.35. The molecule has 2 amide bonds. The molecule has 0 radical (unpaired) electrons. The molecule has 1 aromatic heterocycles. The number of benzene rings is 1. The van der Waals surface area contributed by atoms with Crippen LogP contribution in [0.4, 0.5) is 5.69 Å². The van der Waals surface area contributed by atoms with Gasteiger partial charge in [-0.05, 0) is 36.8 Å². The fourth-order valence-corrected chi connectivity index (χ4v) is 1.74. The summed E-state index contributed by atoms with van der Waals surface area (Å²) < 4.78 is 5.02. The van der Waals surface area contributed by atoms with E-state index in [9.17, 15) is 19.7 Å². The van der Waals surface area contributed by atoms with Gasteiger partial charge in [0.1, 0.15) is 5.76 Å². The maximum absolute atomic E-state index is 11.6. The van der Waals surface area contributed by atoms with E-state index in [-0.39, 0.29) is 12.2 Å². The van der Waals surface area contributed by atoms with Crippen LogP contribution in [0.1, 0.15) is 18.2 Å². The van der Waals surface area contributed by atoms with E-state index < -0.39 is 16.7 Å². The zero-order valence-electron chi connectivity index (χ0n) is 12.7. The molecule has 0 bridgehead atoms. The first-order valence-electron chi connectivity index (χ1n) is 6.87. The van der Waals surface area contributed by atoms with E-state index in [4.69, 9.17) is 4.42 Å². The summed E-state index contributed by atoms with van der Waals surface area (Å²) in [5.74, 6) is -1.27. The molecule has 0 aliphatic carbocycles. The molecule has 2 rings (SSSR count). The number of non-ortho nitro benzene ring substituents is 1. The van der Waals surface area contributed by atoms with E-state index in [2.05, 4.69) is 15.8 Å². The summed E-state index contributed by atoms with van der Waals surface area (Å²) in [7, 11) is 0. The van der Waals surface area contributed by atoms with Crippen LogP contribution in [0.25, 0.3) is 0 Å². The normalized spacial score (nSPS) is 11.0. The van der Waals surface area contributed by atoms with Crippen molar-refractivity contribution < 1.29 is 18.9 Å². The Bertz CT molecular complexity index is 766. The van der Waals surface area contributed by atoms with Gasteiger partial charge in [-0.2, -0.15) is 5.10 Å². The zero-order chi connectivity index (χ0) is 17.5. The monoisotopic (exact) mass is 330 g/mol. The van der Waals surface area contributed by atoms with Crippen molar-refractivity contribution >= 4 is 23.2 Å². The van der Waals surface area contributed by atoms with E-state index in [0.717, 1.165) is 0 Å². The smallest absolute Gasteiger partial charge is 0.329 e. The molecule has 9 nitrogen and oxygen atoms in total. The van der Waals surface area contributed by atoms with Gasteiger partial charge in [-0.25, -0.2) is 5.43 Å². The van der Waals surface area contributed by atoms with Crippen molar-refractivity contribution in [2.24, 2.45) is 5.10 Å². The van der Waals surface area contributed by atoms with Crippen LogP contribution in [0.5, 0.6) is 0 Å². The van der Waals surface area contributed by atoms with Gasteiger partial charge in [-0.15, -0.1) is 0 Å². The topological polar surface area (TPSA) is 127 Å². The number of amides is 2. The van der Waals surface area contributed by atoms with Crippen molar-refractivity contribution in [3.63, 3.8) is 0 Å². The molecule has 1 aromatic carbocycles. The molecule has 0 spiro atoms. The highest BCUT2D eigenvalue weighted by atomic mass is 16.6. The number of rotatable bonds is 5. The SMILES string of the molecule is C/C(=N/NC(=O)C(=O)NCc1ccco1)c1ccc([N+](=O)[O-])cc1. The third-order valence-electron chi connectivity index (χ3n) is 3.03. The van der Waals surface area contributed by atoms with E-state index in [1.54, 1.807) is 19.1 Å². The van der Waals surface area contributed by atoms with Gasteiger partial charge in [-0.3, -0.25) is 19.7 Å². The van der Waals surface area contributed by atoms with Crippen molar-refractivity contribution in [1.82, 2.24) is 10.7 Å². The predicted octanol–water partition coefficient (Wildman–Crippen LogP) is 1.34. The standard InChI is InChI=1S/C15H14N4O5/c1-10(11-4-6-12(7-5-11)19(22)23)17-18-15(21)14(20)16-9-13-3-2-8-24-13/h2-8H,9H2,1H3,(H,16,20)(H,18,21)/b17-10-. The molecule has 2 aromatic rings. The lowest BCUT2D eigenvalue weighted by molar-refractivity contribution is -0.384. The fourth-order valence-electron chi connectivity index (χ4n) is 1.74. The third-order valence-corrected chi connectivity index (χ3v) is 3.03. The number of hydrogen-bond donors (Lipinski definition) is 2. The Morgan fingerprint density at radius 1 is 1.21 bits per heavy atom. The molecule has 0 aliphatic heterocycles. The second-order valence-corrected chi connectivity index (χ2v) is 4.70. The van der Waals surface area contributed by atoms with Crippen LogP contribution >= 0.6 is 0 Å². The quantitative estimate of drug-likeness (QED) is 0.370. The predicted molar refractivity (Wildman–Crippen MR) is 84.0 cm³/mol. The number of nitro benzene ring substituents is 1. The van der Waals surface area contributed by atoms with Crippen LogP contribution < -0.4 is 10.7 Å². The Morgan fingerprint density at radius 2 is 1.92 bits per heavy atom. The summed E-state index contributed by atoms with van der Waals surface area (Å²) in [5.41, 5.74) is 3.05. The van der Waals surface area contributed by atoms with Gasteiger partial charge < -0.3 is 9.73 Å². The van der Waals surface area contributed by atoms with Gasteiger partial charge in [0.2, 0.25) is 0 Å². The van der Waals surface area contributed by atoms with Crippen LogP contribution in [0, 0.1) is 10.1 Å². The van der Waals surface area contributed by atoms with Crippen LogP contribution in [-0.4, -0.2) is 22.4 Å². The summed E-state index contributed by atoms with van der Waals surface area (Å²) in [6, 6.07) is 8.98. The Balaban J connectivity index is 1.89. The Morgan fingerprint density at radius 3 is 2.50 bits per heavy atom. The van der Waals surface area contributed by atoms with Gasteiger partial charge in [-0.1, -0.05) is 0 Å². The van der Waals surface area contributed by atoms with Crippen molar-refractivity contribution in [2.75, 3.05) is 0 Å². The molecule has 0 aliphatic rings. The number of hydrogen-bond acceptors (Lipinski definition) is 6. The summed E-state index contributed by atoms with van der Waals surface area (Å²) >= 11 is 0. The molecular weight excluding hydrogens is 316 g/mol. The molecular formula is C15H14N4O5. The summed E-state index contributed by atoms with van der Waals surface area (Å²) in [4.78, 5) is 33.3. The van der Waals surface area contributed by atoms with Crippen LogP contribution in [-0.2, 0) is 16.1 Å². The summed E-state index contributed by atoms with van der Waals surface area (Å²) in [6.07, 6.45) is 1.46. The first kappa shape index (κ1) is 16.9. The first-order chi connectivity index (χ1) is 11.5. The Labute approximate surface area is 136 Å². The van der Waals surface area contributed by atoms with E-state index in [1.807, 2.05) is 0 Å². The number of nitro groups is 1. The second-order valence-electron chi connectivity index (χ2n) is 4.70. The van der Waals surface area contributed by atoms with Crippen molar-refractivity contribution in [3.05, 3.63) is 64.1 Å². The largest absolute Gasteiger partial charge is 0.467 e. The summed E-state index contributed by atoms with van der Waals surface area (Å²) in [5, 5.41) is 16.8. The maximum Gasteiger partial charge on any atom is 0.329 e. The number of carbonyl (C=O) groups is 2. The molecule has 24 heavy (non-hydrogen) atoms. The number of carbonyl (C=O) groups excluding carboxylic acids is 2. The molecule has 0 atom stereocenters. The van der Waals surface area contributed by atoms with Gasteiger partial charge in [0.15, 0.2) is 0 Å². The minimum absolute atomic E-state index is 0.0483. The van der Waals surface area contributed by atoms with Crippen molar-refractivity contribution in [1.29, 1.82) is 0 Å². The second kappa shape index (κ2) is 7.68. The lowest BCUT2D eigenvalue weighted by Crippen LogP contribution is -2.37. The number of furan rings is 1. The maximum atomic E-state index is 11.6. The van der Waals surface area contributed by atoms with Gasteiger partial charge >= 0.3 is 11.8 Å². The molecule has 0 unspecified atom stereocenters. The molecule has 1 heterocycles. The first-order valence-corrected chi connectivity index (χ1v) is 6.87. The van der Waals surface area contributed by atoms with Crippen molar-refractivity contribution in [2.45, 2.75) is 13.5 Å². The molecule has 2 N–H and O–H groups in total. The van der Waals surface area contributed by atoms with E-state index in [1.165, 1.54) is 30.5 Å². The van der Waals surface area contributed by atoms with Crippen LogP contribution in [0.3, 0.4) is 0 Å². The van der Waals surface area contributed by atoms with Crippen LogP contribution in [0.15, 0.2) is 52.2 Å². The lowest BCUT2D eigenvalue weighted by atomic mass is 10.1. The van der Waals surface area contributed by atoms with E-state index >= 15 is 0 Å². The minimum Gasteiger partial charge on any atom is -0.467 e. The molecule has 9 heteroatoms. The van der Waals surface area contributed by atoms with Crippen molar-refractivity contribution in [3.8, 4) is 0 Å².